The summed E-state index contributed by atoms with van der Waals surface area (Å²) in [6, 6.07) is 17.5. The molecule has 3 aromatic rings. The van der Waals surface area contributed by atoms with E-state index in [1.165, 1.54) is 6.92 Å². The molecule has 1 fully saturated rings. The van der Waals surface area contributed by atoms with Gasteiger partial charge in [-0.15, -0.1) is 0 Å². The largest absolute Gasteiger partial charge is 0.493 e. The molecule has 7 nitrogen and oxygen atoms in total. The Morgan fingerprint density at radius 1 is 1.13 bits per heavy atom. The van der Waals surface area contributed by atoms with E-state index in [2.05, 4.69) is 4.98 Å². The van der Waals surface area contributed by atoms with Crippen LogP contribution in [-0.4, -0.2) is 41.7 Å². The number of hydrogen-bond donors (Lipinski definition) is 1. The molecule has 0 spiro atoms. The molecule has 1 aliphatic heterocycles. The summed E-state index contributed by atoms with van der Waals surface area (Å²) >= 11 is 0. The Morgan fingerprint density at radius 3 is 2.45 bits per heavy atom. The van der Waals surface area contributed by atoms with Crippen LogP contribution in [0.15, 0.2) is 59.0 Å². The minimum Gasteiger partial charge on any atom is -0.493 e. The zero-order valence-corrected chi connectivity index (χ0v) is 17.5. The highest BCUT2D eigenvalue weighted by atomic mass is 16.7. The molecule has 0 saturated carbocycles. The van der Waals surface area contributed by atoms with Crippen LogP contribution in [0.5, 0.6) is 5.75 Å². The summed E-state index contributed by atoms with van der Waals surface area (Å²) in [5.74, 6) is -0.541. The van der Waals surface area contributed by atoms with Gasteiger partial charge in [-0.3, -0.25) is 0 Å². The van der Waals surface area contributed by atoms with Crippen LogP contribution in [-0.2, 0) is 20.7 Å². The first-order valence-corrected chi connectivity index (χ1v) is 10.2. The third kappa shape index (κ3) is 4.78. The van der Waals surface area contributed by atoms with Gasteiger partial charge in [0.05, 0.1) is 25.5 Å². The van der Waals surface area contributed by atoms with Crippen molar-refractivity contribution in [3.63, 3.8) is 0 Å². The fraction of sp³-hybridized carbons (Fsp3) is 0.333. The highest BCUT2D eigenvalue weighted by Gasteiger charge is 2.40. The summed E-state index contributed by atoms with van der Waals surface area (Å²) in [7, 11) is 0. The first-order chi connectivity index (χ1) is 14.9. The van der Waals surface area contributed by atoms with Crippen LogP contribution in [0.4, 0.5) is 0 Å². The van der Waals surface area contributed by atoms with Gasteiger partial charge in [-0.1, -0.05) is 30.3 Å². The molecular weight excluding hydrogens is 398 g/mol. The van der Waals surface area contributed by atoms with Gasteiger partial charge in [0.1, 0.15) is 11.5 Å². The maximum Gasteiger partial charge on any atom is 0.364 e. The molecule has 4 rings (SSSR count). The van der Waals surface area contributed by atoms with E-state index in [9.17, 15) is 4.79 Å². The average Bonchev–Trinajstić information content (AvgIpc) is 3.16. The van der Waals surface area contributed by atoms with Crippen LogP contribution in [0.3, 0.4) is 0 Å². The Kier molecular flexibility index (Phi) is 6.06. The Morgan fingerprint density at radius 2 is 1.81 bits per heavy atom. The second-order valence-corrected chi connectivity index (χ2v) is 7.63. The molecule has 0 amide bonds. The molecule has 1 N–H and O–H groups in total. The number of aliphatic carboxylic acids is 1. The van der Waals surface area contributed by atoms with Crippen molar-refractivity contribution < 1.29 is 28.5 Å². The third-order valence-corrected chi connectivity index (χ3v) is 5.38. The van der Waals surface area contributed by atoms with E-state index in [1.54, 1.807) is 0 Å². The fourth-order valence-electron chi connectivity index (χ4n) is 3.39. The lowest BCUT2D eigenvalue weighted by atomic mass is 9.99. The molecule has 162 valence electrons. The van der Waals surface area contributed by atoms with Gasteiger partial charge in [-0.05, 0) is 36.8 Å². The number of carboxylic acids is 1. The van der Waals surface area contributed by atoms with Gasteiger partial charge in [-0.25, -0.2) is 9.78 Å². The van der Waals surface area contributed by atoms with Gasteiger partial charge >= 0.3 is 5.97 Å². The molecule has 1 aromatic heterocycles. The number of carboxylic acid groups (broad SMARTS) is 1. The van der Waals surface area contributed by atoms with Crippen LogP contribution in [0.1, 0.15) is 29.9 Å². The first kappa shape index (κ1) is 21.1. The topological polar surface area (TPSA) is 91.0 Å². The predicted octanol–water partition coefficient (Wildman–Crippen LogP) is 4.20. The fourth-order valence-corrected chi connectivity index (χ4v) is 3.39. The van der Waals surface area contributed by atoms with Gasteiger partial charge < -0.3 is 23.7 Å². The Bertz CT molecular complexity index is 1020. The summed E-state index contributed by atoms with van der Waals surface area (Å²) < 4.78 is 22.5. The molecule has 0 aliphatic carbocycles. The number of aryl methyl sites for hydroxylation is 1. The summed E-state index contributed by atoms with van der Waals surface area (Å²) in [6.07, 6.45) is 0.641. The molecule has 0 unspecified atom stereocenters. The number of carbonyl (C=O) groups is 1. The maximum absolute atomic E-state index is 11.2. The Balaban J connectivity index is 1.30. The Hall–Kier alpha value is -3.16. The van der Waals surface area contributed by atoms with Crippen molar-refractivity contribution in [2.75, 3.05) is 19.8 Å². The van der Waals surface area contributed by atoms with Gasteiger partial charge in [0.2, 0.25) is 5.89 Å². The van der Waals surface area contributed by atoms with Crippen molar-refractivity contribution in [3.8, 4) is 17.2 Å². The molecule has 1 saturated heterocycles. The summed E-state index contributed by atoms with van der Waals surface area (Å²) in [4.78, 5) is 15.8. The highest BCUT2D eigenvalue weighted by Crippen LogP contribution is 2.29. The van der Waals surface area contributed by atoms with E-state index in [0.29, 0.717) is 18.9 Å². The predicted molar refractivity (Wildman–Crippen MR) is 113 cm³/mol. The summed E-state index contributed by atoms with van der Waals surface area (Å²) in [6.45, 7) is 4.39. The second-order valence-electron chi connectivity index (χ2n) is 7.63. The maximum atomic E-state index is 11.2. The van der Waals surface area contributed by atoms with Crippen LogP contribution in [0, 0.1) is 6.92 Å². The van der Waals surface area contributed by atoms with E-state index in [0.717, 1.165) is 28.3 Å². The molecule has 1 aliphatic rings. The minimum atomic E-state index is -1.57. The van der Waals surface area contributed by atoms with Crippen molar-refractivity contribution in [2.24, 2.45) is 0 Å². The smallest absolute Gasteiger partial charge is 0.364 e. The molecule has 0 atom stereocenters. The van der Waals surface area contributed by atoms with Crippen molar-refractivity contribution in [3.05, 3.63) is 71.6 Å². The van der Waals surface area contributed by atoms with Crippen LogP contribution in [0.25, 0.3) is 11.5 Å². The monoisotopic (exact) mass is 423 g/mol. The normalized spacial score (nSPS) is 21.0. The van der Waals surface area contributed by atoms with Crippen LogP contribution >= 0.6 is 0 Å². The van der Waals surface area contributed by atoms with Crippen molar-refractivity contribution >= 4 is 5.97 Å². The number of nitrogens with zero attached hydrogens (tertiary/aromatic N) is 1. The lowest BCUT2D eigenvalue weighted by Crippen LogP contribution is -2.47. The number of ether oxygens (including phenoxy) is 3. The highest BCUT2D eigenvalue weighted by molar-refractivity contribution is 5.75. The van der Waals surface area contributed by atoms with Gasteiger partial charge in [-0.2, -0.15) is 0 Å². The van der Waals surface area contributed by atoms with E-state index >= 15 is 0 Å². The quantitative estimate of drug-likeness (QED) is 0.609. The summed E-state index contributed by atoms with van der Waals surface area (Å²) in [5, 5.41) is 9.16. The lowest BCUT2D eigenvalue weighted by molar-refractivity contribution is -0.262. The van der Waals surface area contributed by atoms with Gasteiger partial charge in [0.25, 0.3) is 5.79 Å². The second kappa shape index (κ2) is 8.91. The molecule has 2 heterocycles. The van der Waals surface area contributed by atoms with Crippen molar-refractivity contribution in [2.45, 2.75) is 32.0 Å². The van der Waals surface area contributed by atoms with Gasteiger partial charge in [0, 0.05) is 24.8 Å². The molecular formula is C24H25NO6. The average molecular weight is 423 g/mol. The molecule has 2 aromatic carbocycles. The van der Waals surface area contributed by atoms with E-state index < -0.39 is 11.8 Å². The number of benzene rings is 2. The molecule has 7 heteroatoms. The van der Waals surface area contributed by atoms with Crippen molar-refractivity contribution in [1.29, 1.82) is 0 Å². The van der Waals surface area contributed by atoms with Crippen molar-refractivity contribution in [1.82, 2.24) is 4.98 Å². The minimum absolute atomic E-state index is 0.0179. The Labute approximate surface area is 180 Å². The number of rotatable bonds is 7. The third-order valence-electron chi connectivity index (χ3n) is 5.38. The van der Waals surface area contributed by atoms with E-state index in [4.69, 9.17) is 23.7 Å². The number of oxazole rings is 1. The zero-order valence-electron chi connectivity index (χ0n) is 17.5. The van der Waals surface area contributed by atoms with Crippen LogP contribution in [0.2, 0.25) is 0 Å². The zero-order chi connectivity index (χ0) is 21.8. The van der Waals surface area contributed by atoms with E-state index in [1.807, 2.05) is 61.5 Å². The van der Waals surface area contributed by atoms with Gasteiger partial charge in [0.15, 0.2) is 0 Å². The van der Waals surface area contributed by atoms with E-state index in [-0.39, 0.29) is 19.1 Å². The SMILES string of the molecule is Cc1oc(-c2ccccc2)nc1CCOc1ccc([C@H]2CO[C@](C)(C(=O)O)OC2)cc1. The first-order valence-electron chi connectivity index (χ1n) is 10.2. The number of hydrogen-bond acceptors (Lipinski definition) is 6. The summed E-state index contributed by atoms with van der Waals surface area (Å²) in [5.41, 5.74) is 2.85. The molecule has 31 heavy (non-hydrogen) atoms. The molecule has 0 bridgehead atoms. The standard InChI is InChI=1S/C24H25NO6/c1-16-21(25-22(31-16)18-6-4-3-5-7-18)12-13-28-20-10-8-17(9-11-20)19-14-29-24(2,23(26)27)30-15-19/h3-11,19H,12-15H2,1-2H3,(H,26,27)/t19-,24-. The number of aromatic nitrogens is 1. The molecule has 0 radical (unpaired) electrons. The van der Waals surface area contributed by atoms with Crippen LogP contribution < -0.4 is 4.74 Å². The lowest BCUT2D eigenvalue weighted by Gasteiger charge is -2.34.